The lowest BCUT2D eigenvalue weighted by molar-refractivity contribution is -0.139. The van der Waals surface area contributed by atoms with Crippen molar-refractivity contribution < 1.29 is 22.7 Å². The predicted molar refractivity (Wildman–Crippen MR) is 125 cm³/mol. The molecule has 1 aliphatic rings. The molecule has 0 N–H and O–H groups in total. The highest BCUT2D eigenvalue weighted by molar-refractivity contribution is 7.99. The zero-order valence-corrected chi connectivity index (χ0v) is 20.7. The third-order valence-electron chi connectivity index (χ3n) is 5.44. The lowest BCUT2D eigenvalue weighted by Crippen LogP contribution is -2.39. The van der Waals surface area contributed by atoms with Gasteiger partial charge in [-0.2, -0.15) is 4.31 Å². The zero-order chi connectivity index (χ0) is 23.1. The molecule has 1 aromatic carbocycles. The molecule has 1 saturated heterocycles. The highest BCUT2D eigenvalue weighted by atomic mass is 32.2. The topological polar surface area (TPSA) is 90.7 Å². The van der Waals surface area contributed by atoms with E-state index < -0.39 is 10.0 Å². The number of carbonyl (C=O) groups excluding carboxylic acids is 1. The molecule has 0 radical (unpaired) electrons. The molecule has 0 aliphatic carbocycles. The van der Waals surface area contributed by atoms with Crippen LogP contribution in [0.2, 0.25) is 0 Å². The Morgan fingerprint density at radius 2 is 2.09 bits per heavy atom. The monoisotopic (exact) mass is 483 g/mol. The molecule has 2 heterocycles. The first-order chi connectivity index (χ1) is 15.4. The van der Waals surface area contributed by atoms with Crippen molar-refractivity contribution in [2.45, 2.75) is 56.6 Å². The quantitative estimate of drug-likeness (QED) is 0.274. The Morgan fingerprint density at radius 3 is 2.81 bits per heavy atom. The number of thioether (sulfide) groups is 1. The van der Waals surface area contributed by atoms with Crippen LogP contribution in [0.25, 0.3) is 11.0 Å². The number of sulfonamides is 1. The summed E-state index contributed by atoms with van der Waals surface area (Å²) in [6, 6.07) is 5.13. The van der Waals surface area contributed by atoms with Crippen LogP contribution in [0.1, 0.15) is 40.0 Å². The summed E-state index contributed by atoms with van der Waals surface area (Å²) in [5.74, 6) is 0.213. The molecular weight excluding hydrogens is 450 g/mol. The molecule has 0 bridgehead atoms. The third-order valence-corrected chi connectivity index (χ3v) is 8.25. The summed E-state index contributed by atoms with van der Waals surface area (Å²) in [6.07, 6.45) is 2.72. The van der Waals surface area contributed by atoms with Gasteiger partial charge in [0.2, 0.25) is 10.0 Å². The number of fused-ring (bicyclic) bond motifs is 1. The highest BCUT2D eigenvalue weighted by Gasteiger charge is 2.29. The molecule has 2 aromatic rings. The molecule has 0 saturated carbocycles. The van der Waals surface area contributed by atoms with Gasteiger partial charge in [-0.05, 0) is 57.2 Å². The smallest absolute Gasteiger partial charge is 0.316 e. The van der Waals surface area contributed by atoms with E-state index in [2.05, 4.69) is 11.9 Å². The fraction of sp³-hybridized carbons (Fsp3) is 0.636. The van der Waals surface area contributed by atoms with Crippen molar-refractivity contribution >= 4 is 38.8 Å². The fourth-order valence-corrected chi connectivity index (χ4v) is 6.34. The van der Waals surface area contributed by atoms with E-state index in [1.54, 1.807) is 23.4 Å². The summed E-state index contributed by atoms with van der Waals surface area (Å²) in [5.41, 5.74) is 1.46. The summed E-state index contributed by atoms with van der Waals surface area (Å²) < 4.78 is 40.5. The van der Waals surface area contributed by atoms with Crippen LogP contribution >= 0.6 is 11.8 Å². The van der Waals surface area contributed by atoms with Crippen molar-refractivity contribution in [3.05, 3.63) is 18.2 Å². The van der Waals surface area contributed by atoms with Crippen LogP contribution in [0.15, 0.2) is 28.3 Å². The highest BCUT2D eigenvalue weighted by Crippen LogP contribution is 2.29. The summed E-state index contributed by atoms with van der Waals surface area (Å²) in [7, 11) is -3.56. The van der Waals surface area contributed by atoms with Crippen LogP contribution in [0.5, 0.6) is 0 Å². The maximum atomic E-state index is 13.2. The molecule has 8 nitrogen and oxygen atoms in total. The fourth-order valence-electron chi connectivity index (χ4n) is 3.88. The van der Waals surface area contributed by atoms with E-state index in [-0.39, 0.29) is 16.6 Å². The zero-order valence-electron chi connectivity index (χ0n) is 19.1. The second-order valence-electron chi connectivity index (χ2n) is 7.95. The minimum absolute atomic E-state index is 0.152. The van der Waals surface area contributed by atoms with Gasteiger partial charge in [-0.25, -0.2) is 13.4 Å². The number of piperidine rings is 1. The number of imidazole rings is 1. The Labute approximate surface area is 194 Å². The lowest BCUT2D eigenvalue weighted by Gasteiger charge is -2.30. The summed E-state index contributed by atoms with van der Waals surface area (Å²) >= 11 is 1.30. The number of carbonyl (C=O) groups is 1. The summed E-state index contributed by atoms with van der Waals surface area (Å²) in [4.78, 5) is 16.8. The number of esters is 1. The van der Waals surface area contributed by atoms with Crippen molar-refractivity contribution in [1.29, 1.82) is 0 Å². The second-order valence-corrected chi connectivity index (χ2v) is 10.8. The summed E-state index contributed by atoms with van der Waals surface area (Å²) in [6.45, 7) is 9.20. The van der Waals surface area contributed by atoms with E-state index >= 15 is 0 Å². The number of rotatable bonds is 11. The molecule has 1 aliphatic heterocycles. The van der Waals surface area contributed by atoms with Gasteiger partial charge in [0.05, 0.1) is 28.3 Å². The van der Waals surface area contributed by atoms with Gasteiger partial charge in [0, 0.05) is 32.8 Å². The summed E-state index contributed by atoms with van der Waals surface area (Å²) in [5, 5.41) is 0.672. The first kappa shape index (κ1) is 25.0. The molecule has 3 rings (SSSR count). The largest absolute Gasteiger partial charge is 0.465 e. The first-order valence-electron chi connectivity index (χ1n) is 11.2. The average Bonchev–Trinajstić information content (AvgIpc) is 3.12. The molecular formula is C22H33N3O5S2. The van der Waals surface area contributed by atoms with Crippen molar-refractivity contribution in [1.82, 2.24) is 13.9 Å². The molecule has 1 unspecified atom stereocenters. The Hall–Kier alpha value is -1.62. The van der Waals surface area contributed by atoms with Crippen LogP contribution in [-0.2, 0) is 30.8 Å². The molecule has 1 aromatic heterocycles. The molecule has 32 heavy (non-hydrogen) atoms. The van der Waals surface area contributed by atoms with Gasteiger partial charge >= 0.3 is 5.97 Å². The molecule has 178 valence electrons. The minimum atomic E-state index is -3.56. The number of ether oxygens (including phenoxy) is 2. The van der Waals surface area contributed by atoms with Gasteiger partial charge in [0.1, 0.15) is 0 Å². The Bertz CT molecular complexity index is 1020. The van der Waals surface area contributed by atoms with Crippen LogP contribution < -0.4 is 0 Å². The van der Waals surface area contributed by atoms with Crippen molar-refractivity contribution in [2.75, 3.05) is 38.7 Å². The Morgan fingerprint density at radius 1 is 1.28 bits per heavy atom. The van der Waals surface area contributed by atoms with Crippen LogP contribution in [0, 0.1) is 5.92 Å². The van der Waals surface area contributed by atoms with E-state index in [0.717, 1.165) is 24.8 Å². The minimum Gasteiger partial charge on any atom is -0.465 e. The van der Waals surface area contributed by atoms with Gasteiger partial charge in [0.25, 0.3) is 0 Å². The molecule has 1 fully saturated rings. The van der Waals surface area contributed by atoms with Crippen molar-refractivity contribution in [3.63, 3.8) is 0 Å². The lowest BCUT2D eigenvalue weighted by atomic mass is 10.0. The maximum Gasteiger partial charge on any atom is 0.316 e. The van der Waals surface area contributed by atoms with E-state index in [4.69, 9.17) is 9.47 Å². The Kier molecular flexibility index (Phi) is 8.98. The van der Waals surface area contributed by atoms with Crippen LogP contribution in [-0.4, -0.2) is 66.9 Å². The molecule has 10 heteroatoms. The van der Waals surface area contributed by atoms with E-state index in [0.29, 0.717) is 56.0 Å². The van der Waals surface area contributed by atoms with Crippen molar-refractivity contribution in [2.24, 2.45) is 5.92 Å². The van der Waals surface area contributed by atoms with E-state index in [1.165, 1.54) is 11.8 Å². The number of aromatic nitrogens is 2. The maximum absolute atomic E-state index is 13.2. The Balaban J connectivity index is 1.89. The van der Waals surface area contributed by atoms with Crippen LogP contribution in [0.4, 0.5) is 0 Å². The van der Waals surface area contributed by atoms with Gasteiger partial charge < -0.3 is 14.0 Å². The molecule has 0 spiro atoms. The van der Waals surface area contributed by atoms with Gasteiger partial charge in [0.15, 0.2) is 5.16 Å². The predicted octanol–water partition coefficient (Wildman–Crippen LogP) is 3.54. The van der Waals surface area contributed by atoms with Gasteiger partial charge in [-0.15, -0.1) is 0 Å². The first-order valence-corrected chi connectivity index (χ1v) is 13.7. The van der Waals surface area contributed by atoms with Gasteiger partial charge in [-0.3, -0.25) is 4.79 Å². The van der Waals surface area contributed by atoms with E-state index in [1.807, 2.05) is 17.6 Å². The SMILES string of the molecule is CCOCCCn1c(SCC(=O)OCC)nc2cc(S(=O)(=O)N3CCCC(C)C3)ccc21. The second kappa shape index (κ2) is 11.5. The normalized spacial score (nSPS) is 17.7. The standard InChI is InChI=1S/C22H33N3O5S2/c1-4-29-13-7-12-25-20-10-9-18(32(27,28)24-11-6-8-17(3)15-24)14-19(20)23-22(25)31-16-21(26)30-5-2/h9-10,14,17H,4-8,11-13,15-16H2,1-3H3. The number of nitrogens with zero attached hydrogens (tertiary/aromatic N) is 3. The van der Waals surface area contributed by atoms with Gasteiger partial charge in [-0.1, -0.05) is 18.7 Å². The van der Waals surface area contributed by atoms with E-state index in [9.17, 15) is 13.2 Å². The number of hydrogen-bond donors (Lipinski definition) is 0. The van der Waals surface area contributed by atoms with Crippen molar-refractivity contribution in [3.8, 4) is 0 Å². The average molecular weight is 484 g/mol. The van der Waals surface area contributed by atoms with Crippen LogP contribution in [0.3, 0.4) is 0 Å². The number of aryl methyl sites for hydroxylation is 1. The third kappa shape index (κ3) is 6.03. The molecule has 1 atom stereocenters. The number of hydrogen-bond acceptors (Lipinski definition) is 7. The number of benzene rings is 1. The molecule has 0 amide bonds.